The van der Waals surface area contributed by atoms with Crippen LogP contribution in [0.2, 0.25) is 0 Å². The highest BCUT2D eigenvalue weighted by molar-refractivity contribution is 5.06. The smallest absolute Gasteiger partial charge is 0.297 e. The Kier molecular flexibility index (Phi) is 3.07. The van der Waals surface area contributed by atoms with Gasteiger partial charge in [0.1, 0.15) is 12.0 Å². The number of nitrogens with zero attached hydrogens (tertiary/aromatic N) is 1. The van der Waals surface area contributed by atoms with Crippen molar-refractivity contribution in [1.82, 2.24) is 0 Å². The minimum atomic E-state index is -1.46. The standard InChI is InChI=1S/C9H13NO7/c1-9(17-10(12)13)7(2-6(3-11)16-9)8-4-14-5-15-8/h4,6-7,11H,2-3,5H2,1H3/t6-,7?,9?/m0/s1. The lowest BCUT2D eigenvalue weighted by Gasteiger charge is -2.27. The van der Waals surface area contributed by atoms with Crippen LogP contribution < -0.4 is 0 Å². The van der Waals surface area contributed by atoms with Crippen molar-refractivity contribution >= 4 is 0 Å². The molecule has 1 fully saturated rings. The maximum atomic E-state index is 10.5. The molecule has 0 aromatic rings. The van der Waals surface area contributed by atoms with Crippen molar-refractivity contribution in [2.75, 3.05) is 13.4 Å². The molecule has 0 radical (unpaired) electrons. The summed E-state index contributed by atoms with van der Waals surface area (Å²) in [6, 6.07) is 0. The van der Waals surface area contributed by atoms with E-state index in [-0.39, 0.29) is 13.4 Å². The average molecular weight is 247 g/mol. The molecule has 0 amide bonds. The van der Waals surface area contributed by atoms with Gasteiger partial charge in [-0.05, 0) is 13.3 Å². The molecule has 2 aliphatic rings. The molecule has 2 unspecified atom stereocenters. The molecular weight excluding hydrogens is 234 g/mol. The van der Waals surface area contributed by atoms with E-state index in [0.717, 1.165) is 0 Å². The predicted octanol–water partition coefficient (Wildman–Crippen LogP) is 0.154. The fourth-order valence-corrected chi connectivity index (χ4v) is 2.09. The fraction of sp³-hybridized carbons (Fsp3) is 0.778. The van der Waals surface area contributed by atoms with E-state index in [2.05, 4.69) is 4.84 Å². The van der Waals surface area contributed by atoms with Crippen molar-refractivity contribution in [2.45, 2.75) is 25.2 Å². The Labute approximate surface area is 96.8 Å². The summed E-state index contributed by atoms with van der Waals surface area (Å²) in [5.41, 5.74) is 0. The van der Waals surface area contributed by atoms with Crippen LogP contribution in [0.5, 0.6) is 0 Å². The molecular formula is C9H13NO7. The monoisotopic (exact) mass is 247 g/mol. The molecule has 8 nitrogen and oxygen atoms in total. The minimum Gasteiger partial charge on any atom is -0.462 e. The van der Waals surface area contributed by atoms with Crippen LogP contribution in [0.1, 0.15) is 13.3 Å². The molecule has 8 heteroatoms. The Bertz CT molecular complexity index is 344. The van der Waals surface area contributed by atoms with E-state index in [4.69, 9.17) is 19.3 Å². The second kappa shape index (κ2) is 4.38. The molecule has 3 atom stereocenters. The molecule has 0 bridgehead atoms. The minimum absolute atomic E-state index is 0.0736. The first-order chi connectivity index (χ1) is 8.05. The Hall–Kier alpha value is -1.54. The summed E-state index contributed by atoms with van der Waals surface area (Å²) in [5, 5.41) is 18.6. The zero-order valence-corrected chi connectivity index (χ0v) is 9.20. The third-order valence-electron chi connectivity index (χ3n) is 2.83. The maximum absolute atomic E-state index is 10.5. The molecule has 1 N–H and O–H groups in total. The summed E-state index contributed by atoms with van der Waals surface area (Å²) in [5.74, 6) is -1.51. The fourth-order valence-electron chi connectivity index (χ4n) is 2.09. The van der Waals surface area contributed by atoms with Gasteiger partial charge < -0.3 is 19.3 Å². The zero-order valence-electron chi connectivity index (χ0n) is 9.20. The zero-order chi connectivity index (χ0) is 12.5. The summed E-state index contributed by atoms with van der Waals surface area (Å²) in [6.07, 6.45) is 1.24. The molecule has 2 heterocycles. The SMILES string of the molecule is CC1(O[N+](=O)[O-])O[C@H](CO)CC1C1=COCO1. The van der Waals surface area contributed by atoms with Gasteiger partial charge in [0.05, 0.1) is 18.6 Å². The van der Waals surface area contributed by atoms with Crippen molar-refractivity contribution in [3.05, 3.63) is 22.1 Å². The molecule has 0 aromatic carbocycles. The highest BCUT2D eigenvalue weighted by Crippen LogP contribution is 2.42. The molecule has 96 valence electrons. The van der Waals surface area contributed by atoms with Gasteiger partial charge in [0.25, 0.3) is 5.09 Å². The van der Waals surface area contributed by atoms with Crippen molar-refractivity contribution < 1.29 is 29.2 Å². The van der Waals surface area contributed by atoms with Gasteiger partial charge >= 0.3 is 0 Å². The molecule has 0 spiro atoms. The lowest BCUT2D eigenvalue weighted by atomic mass is 9.95. The summed E-state index contributed by atoms with van der Waals surface area (Å²) in [4.78, 5) is 15.0. The highest BCUT2D eigenvalue weighted by atomic mass is 17.0. The third-order valence-corrected chi connectivity index (χ3v) is 2.83. The van der Waals surface area contributed by atoms with Crippen LogP contribution in [-0.4, -0.2) is 35.5 Å². The van der Waals surface area contributed by atoms with E-state index in [1.54, 1.807) is 0 Å². The van der Waals surface area contributed by atoms with Gasteiger partial charge in [-0.2, -0.15) is 0 Å². The van der Waals surface area contributed by atoms with Crippen molar-refractivity contribution in [1.29, 1.82) is 0 Å². The third kappa shape index (κ3) is 2.27. The first-order valence-electron chi connectivity index (χ1n) is 5.12. The maximum Gasteiger partial charge on any atom is 0.297 e. The molecule has 1 saturated heterocycles. The molecule has 2 rings (SSSR count). The van der Waals surface area contributed by atoms with E-state index in [9.17, 15) is 10.1 Å². The summed E-state index contributed by atoms with van der Waals surface area (Å²) < 4.78 is 15.4. The Balaban J connectivity index is 2.17. The van der Waals surface area contributed by atoms with E-state index < -0.39 is 22.9 Å². The topological polar surface area (TPSA) is 100 Å². The van der Waals surface area contributed by atoms with Gasteiger partial charge in [0.15, 0.2) is 0 Å². The lowest BCUT2D eigenvalue weighted by Crippen LogP contribution is -2.38. The van der Waals surface area contributed by atoms with Crippen LogP contribution >= 0.6 is 0 Å². The van der Waals surface area contributed by atoms with Gasteiger partial charge in [-0.1, -0.05) is 0 Å². The van der Waals surface area contributed by atoms with Crippen LogP contribution in [0, 0.1) is 16.0 Å². The molecule has 0 saturated carbocycles. The molecule has 2 aliphatic heterocycles. The largest absolute Gasteiger partial charge is 0.462 e. The Morgan fingerprint density at radius 3 is 3.06 bits per heavy atom. The first-order valence-corrected chi connectivity index (χ1v) is 5.12. The number of aliphatic hydroxyl groups is 1. The molecule has 0 aliphatic carbocycles. The predicted molar refractivity (Wildman–Crippen MR) is 51.7 cm³/mol. The summed E-state index contributed by atoms with van der Waals surface area (Å²) in [6.45, 7) is 1.28. The van der Waals surface area contributed by atoms with Crippen molar-refractivity contribution in [3.63, 3.8) is 0 Å². The van der Waals surface area contributed by atoms with E-state index in [1.165, 1.54) is 13.2 Å². The van der Waals surface area contributed by atoms with Crippen LogP contribution in [0.3, 0.4) is 0 Å². The van der Waals surface area contributed by atoms with E-state index >= 15 is 0 Å². The van der Waals surface area contributed by atoms with Crippen LogP contribution in [0.4, 0.5) is 0 Å². The van der Waals surface area contributed by atoms with Crippen LogP contribution in [0.15, 0.2) is 12.0 Å². The average Bonchev–Trinajstić information content (AvgIpc) is 2.83. The van der Waals surface area contributed by atoms with E-state index in [1.807, 2.05) is 0 Å². The van der Waals surface area contributed by atoms with Crippen molar-refractivity contribution in [3.8, 4) is 0 Å². The van der Waals surface area contributed by atoms with Gasteiger partial charge in [-0.15, -0.1) is 10.1 Å². The van der Waals surface area contributed by atoms with Gasteiger partial charge in [-0.3, -0.25) is 4.84 Å². The van der Waals surface area contributed by atoms with Crippen LogP contribution in [-0.2, 0) is 19.0 Å². The second-order valence-corrected chi connectivity index (χ2v) is 3.99. The molecule has 17 heavy (non-hydrogen) atoms. The normalized spacial score (nSPS) is 36.0. The first kappa shape index (κ1) is 11.9. The number of aliphatic hydroxyl groups excluding tert-OH is 1. The van der Waals surface area contributed by atoms with Gasteiger partial charge in [0.2, 0.25) is 12.6 Å². The Morgan fingerprint density at radius 2 is 2.53 bits per heavy atom. The highest BCUT2D eigenvalue weighted by Gasteiger charge is 2.51. The van der Waals surface area contributed by atoms with Crippen molar-refractivity contribution in [2.24, 2.45) is 5.92 Å². The number of rotatable bonds is 4. The molecule has 0 aromatic heterocycles. The van der Waals surface area contributed by atoms with E-state index in [0.29, 0.717) is 12.2 Å². The summed E-state index contributed by atoms with van der Waals surface area (Å²) >= 11 is 0. The van der Waals surface area contributed by atoms with Gasteiger partial charge in [-0.25, -0.2) is 0 Å². The van der Waals surface area contributed by atoms with Gasteiger partial charge in [0, 0.05) is 0 Å². The number of hydrogen-bond donors (Lipinski definition) is 1. The Morgan fingerprint density at radius 1 is 1.76 bits per heavy atom. The van der Waals surface area contributed by atoms with Crippen LogP contribution in [0.25, 0.3) is 0 Å². The number of hydrogen-bond acceptors (Lipinski definition) is 7. The number of ether oxygens (including phenoxy) is 3. The second-order valence-electron chi connectivity index (χ2n) is 3.99. The quantitative estimate of drug-likeness (QED) is 0.557. The lowest BCUT2D eigenvalue weighted by molar-refractivity contribution is -0.796. The summed E-state index contributed by atoms with van der Waals surface area (Å²) in [7, 11) is 0.